The predicted molar refractivity (Wildman–Crippen MR) is 93.1 cm³/mol. The molecule has 24 heavy (non-hydrogen) atoms. The fourth-order valence-corrected chi connectivity index (χ4v) is 2.83. The van der Waals surface area contributed by atoms with Crippen molar-refractivity contribution < 1.29 is 14.3 Å². The van der Waals surface area contributed by atoms with E-state index in [1.807, 2.05) is 55.5 Å². The highest BCUT2D eigenvalue weighted by Crippen LogP contribution is 2.28. The van der Waals surface area contributed by atoms with Gasteiger partial charge in [0.1, 0.15) is 5.75 Å². The van der Waals surface area contributed by atoms with Gasteiger partial charge in [0.05, 0.1) is 18.2 Å². The standard InChI is InChI=1S/C19H20N2O3/c1-2-24-17-11-7-6-10-16(17)20-19(23)14-12-18(22)21(13-14)15-8-4-3-5-9-15/h3-11,14H,2,12-13H2,1H3,(H,20,23)/t14-/m0/s1. The van der Waals surface area contributed by atoms with Gasteiger partial charge < -0.3 is 15.0 Å². The predicted octanol–water partition coefficient (Wildman–Crippen LogP) is 3.08. The molecule has 2 amide bonds. The fourth-order valence-electron chi connectivity index (χ4n) is 2.83. The van der Waals surface area contributed by atoms with Crippen molar-refractivity contribution in [2.24, 2.45) is 5.92 Å². The summed E-state index contributed by atoms with van der Waals surface area (Å²) in [7, 11) is 0. The van der Waals surface area contributed by atoms with Gasteiger partial charge in [-0.2, -0.15) is 0 Å². The molecule has 0 spiro atoms. The highest BCUT2D eigenvalue weighted by atomic mass is 16.5. The summed E-state index contributed by atoms with van der Waals surface area (Å²) in [4.78, 5) is 26.4. The van der Waals surface area contributed by atoms with Crippen molar-refractivity contribution in [3.63, 3.8) is 0 Å². The average Bonchev–Trinajstić information content (AvgIpc) is 3.00. The molecule has 3 rings (SSSR count). The lowest BCUT2D eigenvalue weighted by molar-refractivity contribution is -0.122. The molecule has 1 aliphatic rings. The van der Waals surface area contributed by atoms with Crippen LogP contribution in [0.15, 0.2) is 54.6 Å². The van der Waals surface area contributed by atoms with Crippen LogP contribution in [0, 0.1) is 5.92 Å². The molecule has 1 saturated heterocycles. The van der Waals surface area contributed by atoms with Crippen LogP contribution in [0.1, 0.15) is 13.3 Å². The van der Waals surface area contributed by atoms with Crippen LogP contribution in [-0.2, 0) is 9.59 Å². The number of carbonyl (C=O) groups is 2. The molecule has 2 aromatic carbocycles. The van der Waals surface area contributed by atoms with Crippen LogP contribution in [0.3, 0.4) is 0 Å². The van der Waals surface area contributed by atoms with E-state index in [0.29, 0.717) is 24.6 Å². The molecule has 1 heterocycles. The maximum atomic E-state index is 12.5. The summed E-state index contributed by atoms with van der Waals surface area (Å²) in [6.07, 6.45) is 0.220. The minimum absolute atomic E-state index is 0.0283. The van der Waals surface area contributed by atoms with Crippen LogP contribution in [0.5, 0.6) is 5.75 Å². The normalized spacial score (nSPS) is 17.0. The molecule has 1 aliphatic heterocycles. The summed E-state index contributed by atoms with van der Waals surface area (Å²) in [5, 5.41) is 2.89. The lowest BCUT2D eigenvalue weighted by Gasteiger charge is -2.17. The third kappa shape index (κ3) is 3.40. The molecule has 2 aromatic rings. The van der Waals surface area contributed by atoms with Crippen molar-refractivity contribution in [3.8, 4) is 5.75 Å². The van der Waals surface area contributed by atoms with Crippen LogP contribution in [-0.4, -0.2) is 25.0 Å². The Bertz CT molecular complexity index is 730. The Kier molecular flexibility index (Phi) is 4.79. The van der Waals surface area contributed by atoms with Crippen molar-refractivity contribution >= 4 is 23.2 Å². The topological polar surface area (TPSA) is 58.6 Å². The SMILES string of the molecule is CCOc1ccccc1NC(=O)[C@H]1CC(=O)N(c2ccccc2)C1. The van der Waals surface area contributed by atoms with Gasteiger partial charge in [-0.15, -0.1) is 0 Å². The van der Waals surface area contributed by atoms with Gasteiger partial charge in [-0.25, -0.2) is 0 Å². The summed E-state index contributed by atoms with van der Waals surface area (Å²) in [6, 6.07) is 16.7. The second kappa shape index (κ2) is 7.17. The molecule has 5 nitrogen and oxygen atoms in total. The maximum Gasteiger partial charge on any atom is 0.229 e. The second-order valence-electron chi connectivity index (χ2n) is 5.66. The summed E-state index contributed by atoms with van der Waals surface area (Å²) in [5.74, 6) is 0.0818. The summed E-state index contributed by atoms with van der Waals surface area (Å²) >= 11 is 0. The third-order valence-corrected chi connectivity index (χ3v) is 4.01. The number of nitrogens with one attached hydrogen (secondary N) is 1. The highest BCUT2D eigenvalue weighted by molar-refractivity contribution is 6.03. The van der Waals surface area contributed by atoms with E-state index in [9.17, 15) is 9.59 Å². The fraction of sp³-hybridized carbons (Fsp3) is 0.263. The number of hydrogen-bond donors (Lipinski definition) is 1. The van der Waals surface area contributed by atoms with E-state index in [4.69, 9.17) is 4.74 Å². The Morgan fingerprint density at radius 3 is 2.62 bits per heavy atom. The molecule has 1 fully saturated rings. The minimum Gasteiger partial charge on any atom is -0.492 e. The second-order valence-corrected chi connectivity index (χ2v) is 5.66. The van der Waals surface area contributed by atoms with Gasteiger partial charge in [0, 0.05) is 18.7 Å². The van der Waals surface area contributed by atoms with E-state index in [-0.39, 0.29) is 24.2 Å². The number of amides is 2. The number of nitrogens with zero attached hydrogens (tertiary/aromatic N) is 1. The molecule has 0 aliphatic carbocycles. The zero-order valence-electron chi connectivity index (χ0n) is 13.6. The first-order valence-corrected chi connectivity index (χ1v) is 8.07. The number of carbonyl (C=O) groups excluding carboxylic acids is 2. The number of ether oxygens (including phenoxy) is 1. The van der Waals surface area contributed by atoms with Gasteiger partial charge in [-0.05, 0) is 31.2 Å². The zero-order chi connectivity index (χ0) is 16.9. The van der Waals surface area contributed by atoms with Crippen LogP contribution in [0.2, 0.25) is 0 Å². The van der Waals surface area contributed by atoms with Crippen molar-refractivity contribution in [2.75, 3.05) is 23.4 Å². The van der Waals surface area contributed by atoms with E-state index in [0.717, 1.165) is 5.69 Å². The molecule has 1 atom stereocenters. The molecule has 0 radical (unpaired) electrons. The van der Waals surface area contributed by atoms with E-state index in [1.54, 1.807) is 11.0 Å². The smallest absolute Gasteiger partial charge is 0.229 e. The summed E-state index contributed by atoms with van der Waals surface area (Å²) < 4.78 is 5.52. The minimum atomic E-state index is -0.368. The van der Waals surface area contributed by atoms with Crippen molar-refractivity contribution in [2.45, 2.75) is 13.3 Å². The lowest BCUT2D eigenvalue weighted by Crippen LogP contribution is -2.28. The number of anilines is 2. The Morgan fingerprint density at radius 1 is 1.17 bits per heavy atom. The summed E-state index contributed by atoms with van der Waals surface area (Å²) in [5.41, 5.74) is 1.46. The molecular weight excluding hydrogens is 304 g/mol. The molecule has 0 saturated carbocycles. The van der Waals surface area contributed by atoms with Crippen molar-refractivity contribution in [1.29, 1.82) is 0 Å². The van der Waals surface area contributed by atoms with Crippen LogP contribution in [0.4, 0.5) is 11.4 Å². The van der Waals surface area contributed by atoms with Gasteiger partial charge in [-0.3, -0.25) is 9.59 Å². The van der Waals surface area contributed by atoms with Crippen LogP contribution < -0.4 is 15.0 Å². The van der Waals surface area contributed by atoms with E-state index in [1.165, 1.54) is 0 Å². The molecule has 1 N–H and O–H groups in total. The van der Waals surface area contributed by atoms with Gasteiger partial charge in [0.15, 0.2) is 0 Å². The third-order valence-electron chi connectivity index (χ3n) is 4.01. The molecule has 5 heteroatoms. The van der Waals surface area contributed by atoms with E-state index < -0.39 is 0 Å². The van der Waals surface area contributed by atoms with Gasteiger partial charge in [0.2, 0.25) is 11.8 Å². The number of hydrogen-bond acceptors (Lipinski definition) is 3. The van der Waals surface area contributed by atoms with E-state index in [2.05, 4.69) is 5.32 Å². The highest BCUT2D eigenvalue weighted by Gasteiger charge is 2.35. The molecule has 0 aromatic heterocycles. The van der Waals surface area contributed by atoms with Crippen molar-refractivity contribution in [3.05, 3.63) is 54.6 Å². The first-order valence-electron chi connectivity index (χ1n) is 8.07. The molecule has 0 unspecified atom stereocenters. The number of benzene rings is 2. The summed E-state index contributed by atoms with van der Waals surface area (Å²) in [6.45, 7) is 2.81. The van der Waals surface area contributed by atoms with Crippen LogP contribution in [0.25, 0.3) is 0 Å². The lowest BCUT2D eigenvalue weighted by atomic mass is 10.1. The largest absolute Gasteiger partial charge is 0.492 e. The molecule has 0 bridgehead atoms. The van der Waals surface area contributed by atoms with Crippen LogP contribution >= 0.6 is 0 Å². The average molecular weight is 324 g/mol. The number of rotatable bonds is 5. The first kappa shape index (κ1) is 16.1. The Morgan fingerprint density at radius 2 is 1.88 bits per heavy atom. The quantitative estimate of drug-likeness (QED) is 0.919. The monoisotopic (exact) mass is 324 g/mol. The molecule has 124 valence electrons. The maximum absolute atomic E-state index is 12.5. The Labute approximate surface area is 141 Å². The number of para-hydroxylation sites is 3. The molecular formula is C19H20N2O3. The first-order chi connectivity index (χ1) is 11.7. The van der Waals surface area contributed by atoms with E-state index >= 15 is 0 Å². The Hall–Kier alpha value is -2.82. The zero-order valence-corrected chi connectivity index (χ0v) is 13.6. The van der Waals surface area contributed by atoms with Gasteiger partial charge in [-0.1, -0.05) is 30.3 Å². The van der Waals surface area contributed by atoms with Gasteiger partial charge >= 0.3 is 0 Å². The van der Waals surface area contributed by atoms with Gasteiger partial charge in [0.25, 0.3) is 0 Å². The van der Waals surface area contributed by atoms with Crippen molar-refractivity contribution in [1.82, 2.24) is 0 Å². The Balaban J connectivity index is 1.70.